The fraction of sp³-hybridized carbons (Fsp3) is 0.462. The molecule has 1 unspecified atom stereocenters. The van der Waals surface area contributed by atoms with Crippen LogP contribution < -0.4 is 5.32 Å². The Hall–Kier alpha value is -1.49. The van der Waals surface area contributed by atoms with Gasteiger partial charge in [-0.15, -0.1) is 0 Å². The Morgan fingerprint density at radius 3 is 3.00 bits per heavy atom. The van der Waals surface area contributed by atoms with E-state index in [1.54, 1.807) is 13.0 Å². The highest BCUT2D eigenvalue weighted by atomic mass is 19.3. The first-order valence-electron chi connectivity index (χ1n) is 6.03. The third-order valence-corrected chi connectivity index (χ3v) is 3.45. The van der Waals surface area contributed by atoms with E-state index in [2.05, 4.69) is 10.3 Å². The molecule has 1 aromatic heterocycles. The third-order valence-electron chi connectivity index (χ3n) is 3.45. The van der Waals surface area contributed by atoms with E-state index in [-0.39, 0.29) is 5.56 Å². The minimum absolute atomic E-state index is 0.0138. The van der Waals surface area contributed by atoms with Gasteiger partial charge in [-0.25, -0.2) is 13.8 Å². The molecule has 1 aliphatic rings. The summed E-state index contributed by atoms with van der Waals surface area (Å²) in [6.45, 7) is 2.73. The largest absolute Gasteiger partial charge is 0.441 e. The number of fused-ring (bicyclic) bond motifs is 1. The minimum atomic E-state index is -2.82. The molecule has 1 fully saturated rings. The maximum absolute atomic E-state index is 14.3. The number of hydrogen-bond acceptors (Lipinski definition) is 3. The van der Waals surface area contributed by atoms with Crippen molar-refractivity contribution >= 4 is 11.1 Å². The molecular weight excluding hydrogens is 238 g/mol. The first-order valence-corrected chi connectivity index (χ1v) is 6.03. The van der Waals surface area contributed by atoms with Gasteiger partial charge < -0.3 is 9.73 Å². The molecule has 2 heterocycles. The molecule has 5 heteroatoms. The van der Waals surface area contributed by atoms with Crippen LogP contribution in [-0.4, -0.2) is 18.1 Å². The molecule has 96 valence electrons. The van der Waals surface area contributed by atoms with Gasteiger partial charge in [-0.3, -0.25) is 0 Å². The highest BCUT2D eigenvalue weighted by molar-refractivity contribution is 5.73. The summed E-state index contributed by atoms with van der Waals surface area (Å²) in [5.41, 5.74) is 1.06. The van der Waals surface area contributed by atoms with E-state index in [4.69, 9.17) is 4.42 Å². The standard InChI is InChI=1S/C13H14F2N2O/c1-8-17-11-3-2-9(6-12(11)18-8)13(14,15)10-4-5-16-7-10/h2-3,6,10,16H,4-5,7H2,1H3. The van der Waals surface area contributed by atoms with E-state index in [0.717, 1.165) is 0 Å². The smallest absolute Gasteiger partial charge is 0.277 e. The van der Waals surface area contributed by atoms with Gasteiger partial charge in [0.1, 0.15) is 5.52 Å². The van der Waals surface area contributed by atoms with Gasteiger partial charge in [-0.05, 0) is 25.1 Å². The molecule has 0 saturated carbocycles. The second-order valence-electron chi connectivity index (χ2n) is 4.73. The SMILES string of the molecule is Cc1nc2ccc(C(F)(F)C3CCNC3)cc2o1. The minimum Gasteiger partial charge on any atom is -0.441 e. The molecule has 0 radical (unpaired) electrons. The molecule has 0 bridgehead atoms. The van der Waals surface area contributed by atoms with Crippen LogP contribution in [0.15, 0.2) is 22.6 Å². The lowest BCUT2D eigenvalue weighted by Crippen LogP contribution is -2.27. The molecule has 0 spiro atoms. The van der Waals surface area contributed by atoms with Crippen LogP contribution >= 0.6 is 0 Å². The number of oxazole rings is 1. The van der Waals surface area contributed by atoms with Gasteiger partial charge in [0.05, 0.1) is 0 Å². The molecule has 1 aliphatic heterocycles. The number of aryl methyl sites for hydroxylation is 1. The summed E-state index contributed by atoms with van der Waals surface area (Å²) >= 11 is 0. The molecular formula is C13H14F2N2O. The number of alkyl halides is 2. The Labute approximate surface area is 103 Å². The maximum atomic E-state index is 14.3. The number of rotatable bonds is 2. The van der Waals surface area contributed by atoms with E-state index < -0.39 is 11.8 Å². The monoisotopic (exact) mass is 252 g/mol. The first kappa shape index (κ1) is 11.6. The molecule has 1 N–H and O–H groups in total. The van der Waals surface area contributed by atoms with Gasteiger partial charge in [-0.2, -0.15) is 0 Å². The molecule has 1 atom stereocenters. The second kappa shape index (κ2) is 4.02. The summed E-state index contributed by atoms with van der Waals surface area (Å²) in [6, 6.07) is 4.45. The Balaban J connectivity index is 2.01. The fourth-order valence-corrected chi connectivity index (χ4v) is 2.45. The molecule has 3 rings (SSSR count). The molecule has 18 heavy (non-hydrogen) atoms. The summed E-state index contributed by atoms with van der Waals surface area (Å²) in [5, 5.41) is 2.97. The first-order chi connectivity index (χ1) is 8.57. The molecule has 1 saturated heterocycles. The number of nitrogens with one attached hydrogen (secondary N) is 1. The van der Waals surface area contributed by atoms with Gasteiger partial charge in [0.25, 0.3) is 5.92 Å². The zero-order valence-corrected chi connectivity index (χ0v) is 10.0. The van der Waals surface area contributed by atoms with Crippen molar-refractivity contribution in [2.75, 3.05) is 13.1 Å². The van der Waals surface area contributed by atoms with Gasteiger partial charge in [-0.1, -0.05) is 6.07 Å². The quantitative estimate of drug-likeness (QED) is 0.893. The van der Waals surface area contributed by atoms with Crippen molar-refractivity contribution in [1.29, 1.82) is 0 Å². The third kappa shape index (κ3) is 1.79. The van der Waals surface area contributed by atoms with Crippen LogP contribution in [0.4, 0.5) is 8.78 Å². The molecule has 1 aromatic carbocycles. The molecule has 0 aliphatic carbocycles. The van der Waals surface area contributed by atoms with Gasteiger partial charge in [0, 0.05) is 24.9 Å². The van der Waals surface area contributed by atoms with E-state index in [1.807, 2.05) is 0 Å². The highest BCUT2D eigenvalue weighted by Crippen LogP contribution is 2.39. The summed E-state index contributed by atoms with van der Waals surface area (Å²) in [5.74, 6) is -2.97. The van der Waals surface area contributed by atoms with Crippen molar-refractivity contribution in [3.63, 3.8) is 0 Å². The Morgan fingerprint density at radius 2 is 2.28 bits per heavy atom. The van der Waals surface area contributed by atoms with E-state index in [0.29, 0.717) is 36.5 Å². The number of nitrogens with zero attached hydrogens (tertiary/aromatic N) is 1. The topological polar surface area (TPSA) is 38.1 Å². The van der Waals surface area contributed by atoms with Crippen molar-refractivity contribution < 1.29 is 13.2 Å². The van der Waals surface area contributed by atoms with E-state index in [9.17, 15) is 8.78 Å². The van der Waals surface area contributed by atoms with E-state index >= 15 is 0 Å². The predicted octanol–water partition coefficient (Wildman–Crippen LogP) is 2.84. The average Bonchev–Trinajstić information content (AvgIpc) is 2.95. The zero-order valence-electron chi connectivity index (χ0n) is 10.0. The predicted molar refractivity (Wildman–Crippen MR) is 63.6 cm³/mol. The van der Waals surface area contributed by atoms with Gasteiger partial charge in [0.15, 0.2) is 11.5 Å². The Bertz CT molecular complexity index is 573. The summed E-state index contributed by atoms with van der Waals surface area (Å²) in [4.78, 5) is 4.11. The number of hydrogen-bond donors (Lipinski definition) is 1. The van der Waals surface area contributed by atoms with Gasteiger partial charge in [0.2, 0.25) is 0 Å². The normalized spacial score (nSPS) is 20.7. The van der Waals surface area contributed by atoms with Crippen LogP contribution in [0.5, 0.6) is 0 Å². The fourth-order valence-electron chi connectivity index (χ4n) is 2.45. The van der Waals surface area contributed by atoms with Crippen molar-refractivity contribution in [2.24, 2.45) is 5.92 Å². The van der Waals surface area contributed by atoms with Gasteiger partial charge >= 0.3 is 0 Å². The Kier molecular flexibility index (Phi) is 2.59. The van der Waals surface area contributed by atoms with Crippen molar-refractivity contribution in [2.45, 2.75) is 19.3 Å². The van der Waals surface area contributed by atoms with Crippen LogP contribution in [0, 0.1) is 12.8 Å². The number of benzene rings is 1. The molecule has 0 amide bonds. The van der Waals surface area contributed by atoms with Crippen molar-refractivity contribution in [1.82, 2.24) is 10.3 Å². The van der Waals surface area contributed by atoms with Crippen molar-refractivity contribution in [3.05, 3.63) is 29.7 Å². The molecule has 2 aromatic rings. The zero-order chi connectivity index (χ0) is 12.8. The second-order valence-corrected chi connectivity index (χ2v) is 4.73. The lowest BCUT2D eigenvalue weighted by molar-refractivity contribution is -0.0575. The number of aromatic nitrogens is 1. The van der Waals surface area contributed by atoms with E-state index in [1.165, 1.54) is 12.1 Å². The summed E-state index contributed by atoms with van der Waals surface area (Å²) in [7, 11) is 0. The van der Waals surface area contributed by atoms with Crippen LogP contribution in [-0.2, 0) is 5.92 Å². The van der Waals surface area contributed by atoms with Crippen LogP contribution in [0.1, 0.15) is 17.9 Å². The highest BCUT2D eigenvalue weighted by Gasteiger charge is 2.42. The summed E-state index contributed by atoms with van der Waals surface area (Å²) in [6.07, 6.45) is 0.500. The lowest BCUT2D eigenvalue weighted by Gasteiger charge is -2.22. The van der Waals surface area contributed by atoms with Crippen LogP contribution in [0.25, 0.3) is 11.1 Å². The maximum Gasteiger partial charge on any atom is 0.277 e. The molecule has 3 nitrogen and oxygen atoms in total. The van der Waals surface area contributed by atoms with Crippen LogP contribution in [0.2, 0.25) is 0 Å². The van der Waals surface area contributed by atoms with Crippen molar-refractivity contribution in [3.8, 4) is 0 Å². The number of halogens is 2. The summed E-state index contributed by atoms with van der Waals surface area (Å²) < 4.78 is 33.9. The lowest BCUT2D eigenvalue weighted by atomic mass is 9.93. The average molecular weight is 252 g/mol. The van der Waals surface area contributed by atoms with Crippen LogP contribution in [0.3, 0.4) is 0 Å². The Morgan fingerprint density at radius 1 is 1.44 bits per heavy atom.